The molecule has 1 amide bonds. The topological polar surface area (TPSA) is 50.7 Å². The summed E-state index contributed by atoms with van der Waals surface area (Å²) < 4.78 is 5.53. The number of benzene rings is 2. The van der Waals surface area contributed by atoms with Gasteiger partial charge in [0.1, 0.15) is 5.75 Å². The molecular weight excluding hydrogens is 312 g/mol. The van der Waals surface area contributed by atoms with Crippen molar-refractivity contribution in [2.75, 3.05) is 6.61 Å². The van der Waals surface area contributed by atoms with Gasteiger partial charge in [0.25, 0.3) is 5.91 Å². The first-order valence-electron chi connectivity index (χ1n) is 8.54. The van der Waals surface area contributed by atoms with Crippen molar-refractivity contribution in [3.8, 4) is 5.75 Å². The number of ether oxygens (including phenoxy) is 1. The zero-order chi connectivity index (χ0) is 18.3. The van der Waals surface area contributed by atoms with Gasteiger partial charge in [0.15, 0.2) is 6.61 Å². The summed E-state index contributed by atoms with van der Waals surface area (Å²) >= 11 is 0. The fourth-order valence-corrected chi connectivity index (χ4v) is 2.34. The third-order valence-corrected chi connectivity index (χ3v) is 3.85. The Bertz CT molecular complexity index is 714. The van der Waals surface area contributed by atoms with E-state index in [-0.39, 0.29) is 17.9 Å². The lowest BCUT2D eigenvalue weighted by atomic mass is 9.87. The molecule has 0 aromatic heterocycles. The van der Waals surface area contributed by atoms with Gasteiger partial charge in [-0.05, 0) is 35.1 Å². The van der Waals surface area contributed by atoms with E-state index in [4.69, 9.17) is 4.74 Å². The van der Waals surface area contributed by atoms with Crippen molar-refractivity contribution < 1.29 is 9.53 Å². The zero-order valence-electron chi connectivity index (χ0n) is 15.4. The molecule has 0 aliphatic carbocycles. The summed E-state index contributed by atoms with van der Waals surface area (Å²) in [5.41, 5.74) is 5.72. The predicted molar refractivity (Wildman–Crippen MR) is 102 cm³/mol. The first kappa shape index (κ1) is 18.7. The molecule has 132 valence electrons. The lowest BCUT2D eigenvalue weighted by Gasteiger charge is -2.19. The fraction of sp³-hybridized carbons (Fsp3) is 0.333. The normalized spacial score (nSPS) is 11.9. The van der Waals surface area contributed by atoms with Gasteiger partial charge in [-0.3, -0.25) is 4.79 Å². The van der Waals surface area contributed by atoms with Crippen molar-refractivity contribution in [3.05, 3.63) is 65.7 Å². The summed E-state index contributed by atoms with van der Waals surface area (Å²) in [7, 11) is 0. The summed E-state index contributed by atoms with van der Waals surface area (Å²) in [6.45, 7) is 8.42. The molecule has 0 spiro atoms. The van der Waals surface area contributed by atoms with E-state index in [9.17, 15) is 4.79 Å². The van der Waals surface area contributed by atoms with Crippen molar-refractivity contribution in [2.24, 2.45) is 5.10 Å². The number of amides is 1. The Morgan fingerprint density at radius 3 is 2.24 bits per heavy atom. The second-order valence-corrected chi connectivity index (χ2v) is 6.88. The summed E-state index contributed by atoms with van der Waals surface area (Å²) in [6.07, 6.45) is 0.736. The standard InChI is InChI=1S/C21H26N2O2/c1-5-19(16-9-7-6-8-10-16)22-23-20(24)15-25-18-13-11-17(12-14-18)21(2,3)4/h6-14H,5,15H2,1-4H3,(H,23,24)/b22-19-. The highest BCUT2D eigenvalue weighted by atomic mass is 16.5. The maximum Gasteiger partial charge on any atom is 0.277 e. The average Bonchev–Trinajstić information content (AvgIpc) is 2.61. The van der Waals surface area contributed by atoms with Crippen LogP contribution in [0.15, 0.2) is 59.7 Å². The van der Waals surface area contributed by atoms with Crippen molar-refractivity contribution in [1.29, 1.82) is 0 Å². The molecule has 0 heterocycles. The van der Waals surface area contributed by atoms with Gasteiger partial charge in [0.05, 0.1) is 5.71 Å². The predicted octanol–water partition coefficient (Wildman–Crippen LogP) is 4.29. The van der Waals surface area contributed by atoms with Gasteiger partial charge >= 0.3 is 0 Å². The van der Waals surface area contributed by atoms with Gasteiger partial charge in [-0.1, -0.05) is 70.2 Å². The lowest BCUT2D eigenvalue weighted by Crippen LogP contribution is -2.26. The third kappa shape index (κ3) is 5.75. The molecule has 0 unspecified atom stereocenters. The molecule has 1 N–H and O–H groups in total. The monoisotopic (exact) mass is 338 g/mol. The van der Waals surface area contributed by atoms with E-state index in [0.29, 0.717) is 5.75 Å². The number of hydrogen-bond donors (Lipinski definition) is 1. The van der Waals surface area contributed by atoms with Crippen LogP contribution in [0.4, 0.5) is 0 Å². The van der Waals surface area contributed by atoms with E-state index in [0.717, 1.165) is 17.7 Å². The molecule has 0 bridgehead atoms. The van der Waals surface area contributed by atoms with Crippen molar-refractivity contribution >= 4 is 11.6 Å². The molecule has 0 aliphatic heterocycles. The number of carbonyl (C=O) groups excluding carboxylic acids is 1. The van der Waals surface area contributed by atoms with Crippen molar-refractivity contribution in [2.45, 2.75) is 39.5 Å². The minimum atomic E-state index is -0.276. The van der Waals surface area contributed by atoms with Gasteiger partial charge < -0.3 is 4.74 Å². The molecule has 0 fully saturated rings. The van der Waals surface area contributed by atoms with E-state index < -0.39 is 0 Å². The van der Waals surface area contributed by atoms with Gasteiger partial charge in [-0.25, -0.2) is 5.43 Å². The van der Waals surface area contributed by atoms with Crippen LogP contribution in [-0.2, 0) is 10.2 Å². The summed E-state index contributed by atoms with van der Waals surface area (Å²) in [4.78, 5) is 12.0. The van der Waals surface area contributed by atoms with E-state index >= 15 is 0 Å². The minimum Gasteiger partial charge on any atom is -0.484 e. The minimum absolute atomic E-state index is 0.0653. The maximum absolute atomic E-state index is 12.0. The number of nitrogens with one attached hydrogen (secondary N) is 1. The number of carbonyl (C=O) groups is 1. The van der Waals surface area contributed by atoms with Crippen molar-refractivity contribution in [3.63, 3.8) is 0 Å². The van der Waals surface area contributed by atoms with Crippen LogP contribution in [-0.4, -0.2) is 18.2 Å². The lowest BCUT2D eigenvalue weighted by molar-refractivity contribution is -0.123. The van der Waals surface area contributed by atoms with Gasteiger partial charge in [-0.2, -0.15) is 5.10 Å². The Labute approximate surface area is 149 Å². The molecule has 0 saturated carbocycles. The second-order valence-electron chi connectivity index (χ2n) is 6.88. The summed E-state index contributed by atoms with van der Waals surface area (Å²) in [5.74, 6) is 0.396. The maximum atomic E-state index is 12.0. The summed E-state index contributed by atoms with van der Waals surface area (Å²) in [6, 6.07) is 17.6. The van der Waals surface area contributed by atoms with Crippen LogP contribution >= 0.6 is 0 Å². The molecule has 0 aliphatic rings. The van der Waals surface area contributed by atoms with Crippen LogP contribution in [0.3, 0.4) is 0 Å². The molecule has 0 saturated heterocycles. The smallest absolute Gasteiger partial charge is 0.277 e. The van der Waals surface area contributed by atoms with Crippen molar-refractivity contribution in [1.82, 2.24) is 5.43 Å². The number of hydrazone groups is 1. The Balaban J connectivity index is 1.89. The second kappa shape index (κ2) is 8.47. The number of hydrogen-bond acceptors (Lipinski definition) is 3. The van der Waals surface area contributed by atoms with E-state index in [1.54, 1.807) is 0 Å². The van der Waals surface area contributed by atoms with Gasteiger partial charge in [0.2, 0.25) is 0 Å². The molecule has 2 aromatic carbocycles. The van der Waals surface area contributed by atoms with Gasteiger partial charge in [-0.15, -0.1) is 0 Å². The van der Waals surface area contributed by atoms with E-state index in [2.05, 4.69) is 31.3 Å². The molecule has 0 atom stereocenters. The quantitative estimate of drug-likeness (QED) is 0.631. The van der Waals surface area contributed by atoms with Crippen LogP contribution < -0.4 is 10.2 Å². The van der Waals surface area contributed by atoms with Crippen LogP contribution in [0.1, 0.15) is 45.2 Å². The van der Waals surface area contributed by atoms with Crippen LogP contribution in [0.25, 0.3) is 0 Å². The Hall–Kier alpha value is -2.62. The third-order valence-electron chi connectivity index (χ3n) is 3.85. The largest absolute Gasteiger partial charge is 0.484 e. The van der Waals surface area contributed by atoms with Gasteiger partial charge in [0, 0.05) is 0 Å². The summed E-state index contributed by atoms with van der Waals surface area (Å²) in [5, 5.41) is 4.21. The molecule has 0 radical (unpaired) electrons. The van der Waals surface area contributed by atoms with Crippen LogP contribution in [0.5, 0.6) is 5.75 Å². The average molecular weight is 338 g/mol. The number of rotatable bonds is 6. The highest BCUT2D eigenvalue weighted by Crippen LogP contribution is 2.24. The van der Waals surface area contributed by atoms with Crippen LogP contribution in [0.2, 0.25) is 0 Å². The first-order chi connectivity index (χ1) is 11.9. The highest BCUT2D eigenvalue weighted by Gasteiger charge is 2.13. The molecule has 25 heavy (non-hydrogen) atoms. The number of nitrogens with zero attached hydrogens (tertiary/aromatic N) is 1. The Morgan fingerprint density at radius 1 is 1.04 bits per heavy atom. The SMILES string of the molecule is CC/C(=N/NC(=O)COc1ccc(C(C)(C)C)cc1)c1ccccc1. The molecule has 2 rings (SSSR count). The fourth-order valence-electron chi connectivity index (χ4n) is 2.34. The highest BCUT2D eigenvalue weighted by molar-refractivity contribution is 6.00. The molecule has 4 heteroatoms. The van der Waals surface area contributed by atoms with E-state index in [1.807, 2.05) is 61.5 Å². The van der Waals surface area contributed by atoms with E-state index in [1.165, 1.54) is 5.56 Å². The van der Waals surface area contributed by atoms with Crippen LogP contribution in [0, 0.1) is 0 Å². The molecule has 2 aromatic rings. The zero-order valence-corrected chi connectivity index (χ0v) is 15.4. The first-order valence-corrected chi connectivity index (χ1v) is 8.54. The molecule has 4 nitrogen and oxygen atoms in total. The molecular formula is C21H26N2O2. The Kier molecular flexibility index (Phi) is 6.34. The Morgan fingerprint density at radius 2 is 1.68 bits per heavy atom.